The number of imidazole rings is 1. The van der Waals surface area contributed by atoms with Crippen LogP contribution in [0.3, 0.4) is 0 Å². The van der Waals surface area contributed by atoms with Gasteiger partial charge in [0.25, 0.3) is 0 Å². The third-order valence-corrected chi connectivity index (χ3v) is 4.30. The molecule has 3 rings (SSSR count). The minimum Gasteiger partial charge on any atom is -0.396 e. The van der Waals surface area contributed by atoms with E-state index in [1.807, 2.05) is 43.3 Å². The van der Waals surface area contributed by atoms with E-state index in [0.29, 0.717) is 13.0 Å². The van der Waals surface area contributed by atoms with Gasteiger partial charge in [0.05, 0.1) is 11.0 Å². The molecular formula is C17H21N3O3. The van der Waals surface area contributed by atoms with Crippen LogP contribution in [0.2, 0.25) is 0 Å². The minimum atomic E-state index is -0.195. The average Bonchev–Trinajstić information content (AvgIpc) is 3.11. The number of aliphatic hydroxyl groups excluding tert-OH is 1. The van der Waals surface area contributed by atoms with Gasteiger partial charge < -0.3 is 10.4 Å². The third-order valence-electron chi connectivity index (χ3n) is 4.30. The van der Waals surface area contributed by atoms with Crippen LogP contribution < -0.4 is 11.0 Å². The Hall–Kier alpha value is -2.34. The molecule has 0 fully saturated rings. The molecule has 1 heterocycles. The number of carbonyl (C=O) groups is 1. The van der Waals surface area contributed by atoms with Crippen molar-refractivity contribution in [2.45, 2.75) is 32.5 Å². The molecule has 0 unspecified atom stereocenters. The maximum Gasteiger partial charge on any atom is 0.329 e. The fourth-order valence-electron chi connectivity index (χ4n) is 3.14. The summed E-state index contributed by atoms with van der Waals surface area (Å²) in [4.78, 5) is 24.8. The van der Waals surface area contributed by atoms with Gasteiger partial charge in [-0.1, -0.05) is 24.3 Å². The summed E-state index contributed by atoms with van der Waals surface area (Å²) in [6.45, 7) is 2.57. The van der Waals surface area contributed by atoms with Gasteiger partial charge in [-0.25, -0.2) is 4.79 Å². The number of amides is 1. The average molecular weight is 315 g/mol. The number of aryl methyl sites for hydroxylation is 1. The van der Waals surface area contributed by atoms with Gasteiger partial charge >= 0.3 is 5.69 Å². The lowest BCUT2D eigenvalue weighted by Gasteiger charge is -2.13. The second-order valence-electron chi connectivity index (χ2n) is 5.84. The van der Waals surface area contributed by atoms with Gasteiger partial charge in [-0.15, -0.1) is 0 Å². The van der Waals surface area contributed by atoms with E-state index in [1.165, 1.54) is 4.57 Å². The molecule has 1 aromatic carbocycles. The zero-order valence-electron chi connectivity index (χ0n) is 13.1. The Balaban J connectivity index is 1.79. The summed E-state index contributed by atoms with van der Waals surface area (Å²) >= 11 is 0. The highest BCUT2D eigenvalue weighted by Crippen LogP contribution is 2.17. The Labute approximate surface area is 134 Å². The molecule has 23 heavy (non-hydrogen) atoms. The Morgan fingerprint density at radius 3 is 2.57 bits per heavy atom. The second-order valence-corrected chi connectivity index (χ2v) is 5.84. The highest BCUT2D eigenvalue weighted by molar-refractivity contribution is 5.81. The lowest BCUT2D eigenvalue weighted by Crippen LogP contribution is -2.37. The van der Waals surface area contributed by atoms with Crippen LogP contribution in [0.4, 0.5) is 0 Å². The highest BCUT2D eigenvalue weighted by Gasteiger charge is 2.21. The van der Waals surface area contributed by atoms with Crippen LogP contribution >= 0.6 is 0 Å². The molecule has 1 aliphatic carbocycles. The molecule has 0 aliphatic heterocycles. The van der Waals surface area contributed by atoms with E-state index in [4.69, 9.17) is 5.11 Å². The molecule has 6 heteroatoms. The molecule has 1 aromatic heterocycles. The summed E-state index contributed by atoms with van der Waals surface area (Å²) in [7, 11) is 0. The van der Waals surface area contributed by atoms with Crippen molar-refractivity contribution < 1.29 is 9.90 Å². The van der Waals surface area contributed by atoms with Crippen LogP contribution in [0.15, 0.2) is 41.2 Å². The summed E-state index contributed by atoms with van der Waals surface area (Å²) < 4.78 is 3.18. The van der Waals surface area contributed by atoms with Crippen molar-refractivity contribution in [1.29, 1.82) is 0 Å². The normalized spacial score (nSPS) is 20.3. The molecule has 2 aromatic rings. The first-order chi connectivity index (χ1) is 11.1. The number of nitrogens with one attached hydrogen (secondary N) is 1. The first-order valence-electron chi connectivity index (χ1n) is 7.90. The standard InChI is InChI=1S/C17H21N3O3/c1-2-19-14-5-3-4-6-15(14)20(17(19)23)10-16(22)18-13-8-7-12(9-13)11-21/h3-8,12-13,21H,2,9-11H2,1H3,(H,18,22)/t12-,13+/m0/s1. The van der Waals surface area contributed by atoms with Gasteiger partial charge in [0.15, 0.2) is 0 Å². The molecule has 6 nitrogen and oxygen atoms in total. The zero-order chi connectivity index (χ0) is 16.4. The molecule has 1 aliphatic rings. The van der Waals surface area contributed by atoms with E-state index in [-0.39, 0.29) is 36.7 Å². The van der Waals surface area contributed by atoms with Crippen molar-refractivity contribution >= 4 is 16.9 Å². The first kappa shape index (κ1) is 15.6. The van der Waals surface area contributed by atoms with Gasteiger partial charge in [0, 0.05) is 25.1 Å². The van der Waals surface area contributed by atoms with Crippen LogP contribution in [0.1, 0.15) is 13.3 Å². The number of hydrogen-bond acceptors (Lipinski definition) is 3. The van der Waals surface area contributed by atoms with Crippen molar-refractivity contribution in [1.82, 2.24) is 14.5 Å². The fraction of sp³-hybridized carbons (Fsp3) is 0.412. The smallest absolute Gasteiger partial charge is 0.329 e. The van der Waals surface area contributed by atoms with Crippen molar-refractivity contribution in [3.8, 4) is 0 Å². The van der Waals surface area contributed by atoms with Crippen molar-refractivity contribution in [2.24, 2.45) is 5.92 Å². The summed E-state index contributed by atoms with van der Waals surface area (Å²) in [5.74, 6) is -0.0932. The first-order valence-corrected chi connectivity index (χ1v) is 7.90. The van der Waals surface area contributed by atoms with Crippen molar-refractivity contribution in [3.63, 3.8) is 0 Å². The van der Waals surface area contributed by atoms with E-state index in [0.717, 1.165) is 11.0 Å². The number of fused-ring (bicyclic) bond motifs is 1. The van der Waals surface area contributed by atoms with E-state index < -0.39 is 0 Å². The monoisotopic (exact) mass is 315 g/mol. The highest BCUT2D eigenvalue weighted by atomic mass is 16.3. The molecule has 2 atom stereocenters. The number of para-hydroxylation sites is 2. The van der Waals surface area contributed by atoms with Gasteiger partial charge in [0.2, 0.25) is 5.91 Å². The number of aliphatic hydroxyl groups is 1. The maximum absolute atomic E-state index is 12.5. The summed E-state index contributed by atoms with van der Waals surface area (Å²) in [5, 5.41) is 12.0. The quantitative estimate of drug-likeness (QED) is 0.804. The van der Waals surface area contributed by atoms with Gasteiger partial charge in [-0.2, -0.15) is 0 Å². The predicted octanol–water partition coefficient (Wildman–Crippen LogP) is 0.876. The Bertz CT molecular complexity index is 803. The molecule has 1 amide bonds. The van der Waals surface area contributed by atoms with Crippen LogP contribution in [-0.2, 0) is 17.9 Å². The Kier molecular flexibility index (Phi) is 4.34. The van der Waals surface area contributed by atoms with Crippen LogP contribution in [-0.4, -0.2) is 32.8 Å². The van der Waals surface area contributed by atoms with E-state index >= 15 is 0 Å². The molecule has 0 bridgehead atoms. The summed E-state index contributed by atoms with van der Waals surface area (Å²) in [6.07, 6.45) is 4.52. The Morgan fingerprint density at radius 1 is 1.26 bits per heavy atom. The van der Waals surface area contributed by atoms with E-state index in [2.05, 4.69) is 5.32 Å². The number of hydrogen-bond donors (Lipinski definition) is 2. The maximum atomic E-state index is 12.5. The summed E-state index contributed by atoms with van der Waals surface area (Å²) in [5.41, 5.74) is 1.44. The Morgan fingerprint density at radius 2 is 1.96 bits per heavy atom. The van der Waals surface area contributed by atoms with Crippen LogP contribution in [0.25, 0.3) is 11.0 Å². The molecule has 0 spiro atoms. The lowest BCUT2D eigenvalue weighted by molar-refractivity contribution is -0.122. The van der Waals surface area contributed by atoms with Crippen molar-refractivity contribution in [2.75, 3.05) is 6.61 Å². The number of aromatic nitrogens is 2. The van der Waals surface area contributed by atoms with Crippen LogP contribution in [0, 0.1) is 5.92 Å². The van der Waals surface area contributed by atoms with Gasteiger partial charge in [0.1, 0.15) is 6.54 Å². The third kappa shape index (κ3) is 2.94. The molecule has 0 radical (unpaired) electrons. The predicted molar refractivity (Wildman–Crippen MR) is 88.1 cm³/mol. The van der Waals surface area contributed by atoms with E-state index in [1.54, 1.807) is 4.57 Å². The second kappa shape index (κ2) is 6.42. The molecule has 0 saturated heterocycles. The van der Waals surface area contributed by atoms with Crippen molar-refractivity contribution in [3.05, 3.63) is 46.9 Å². The van der Waals surface area contributed by atoms with Gasteiger partial charge in [-0.05, 0) is 25.5 Å². The molecule has 0 saturated carbocycles. The molecule has 2 N–H and O–H groups in total. The minimum absolute atomic E-state index is 0.000475. The van der Waals surface area contributed by atoms with Gasteiger partial charge in [-0.3, -0.25) is 13.9 Å². The van der Waals surface area contributed by atoms with E-state index in [9.17, 15) is 9.59 Å². The van der Waals surface area contributed by atoms with Crippen LogP contribution in [0.5, 0.6) is 0 Å². The number of nitrogens with zero attached hydrogens (tertiary/aromatic N) is 2. The fourth-order valence-corrected chi connectivity index (χ4v) is 3.14. The SMILES string of the molecule is CCn1c(=O)n(CC(=O)N[C@@H]2C=C[C@H](CO)C2)c2ccccc21. The number of benzene rings is 1. The summed E-state index contributed by atoms with van der Waals surface area (Å²) in [6, 6.07) is 7.42. The molecule has 122 valence electrons. The number of carbonyl (C=O) groups excluding carboxylic acids is 1. The molecular weight excluding hydrogens is 294 g/mol. The number of rotatable bonds is 5. The zero-order valence-corrected chi connectivity index (χ0v) is 13.1. The largest absolute Gasteiger partial charge is 0.396 e. The topological polar surface area (TPSA) is 76.3 Å². The lowest BCUT2D eigenvalue weighted by atomic mass is 10.1.